The van der Waals surface area contributed by atoms with Crippen LogP contribution in [0, 0.1) is 5.82 Å². The minimum atomic E-state index is -0.142. The predicted molar refractivity (Wildman–Crippen MR) is 63.6 cm³/mol. The first-order valence-corrected chi connectivity index (χ1v) is 6.12. The van der Waals surface area contributed by atoms with Gasteiger partial charge in [0.25, 0.3) is 0 Å². The van der Waals surface area contributed by atoms with Crippen molar-refractivity contribution in [1.82, 2.24) is 5.32 Å². The number of halogens is 1. The van der Waals surface area contributed by atoms with E-state index in [1.54, 1.807) is 12.1 Å². The fourth-order valence-electron chi connectivity index (χ4n) is 2.19. The number of fused-ring (bicyclic) bond motifs is 1. The van der Waals surface area contributed by atoms with Crippen LogP contribution in [0.3, 0.4) is 0 Å². The number of thioether (sulfide) groups is 1. The fourth-order valence-corrected chi connectivity index (χ4v) is 3.39. The third kappa shape index (κ3) is 1.91. The van der Waals surface area contributed by atoms with Crippen LogP contribution in [0.15, 0.2) is 18.2 Å². The molecular formula is C12H16FNS. The highest BCUT2D eigenvalue weighted by Gasteiger charge is 2.35. The molecule has 1 aromatic carbocycles. The Labute approximate surface area is 94.5 Å². The highest BCUT2D eigenvalue weighted by molar-refractivity contribution is 8.00. The summed E-state index contributed by atoms with van der Waals surface area (Å²) in [7, 11) is 1.94. The van der Waals surface area contributed by atoms with Crippen LogP contribution in [-0.4, -0.2) is 11.8 Å². The molecule has 1 aliphatic rings. The highest BCUT2D eigenvalue weighted by Crippen LogP contribution is 2.45. The average Bonchev–Trinajstić information content (AvgIpc) is 2.16. The Hall–Kier alpha value is -0.540. The zero-order valence-corrected chi connectivity index (χ0v) is 10.1. The van der Waals surface area contributed by atoms with Crippen LogP contribution in [0.2, 0.25) is 0 Å². The van der Waals surface area contributed by atoms with Crippen molar-refractivity contribution in [3.63, 3.8) is 0 Å². The monoisotopic (exact) mass is 225 g/mol. The molecule has 15 heavy (non-hydrogen) atoms. The third-order valence-electron chi connectivity index (χ3n) is 3.00. The van der Waals surface area contributed by atoms with Crippen molar-refractivity contribution in [3.05, 3.63) is 35.1 Å². The SMILES string of the molecule is CNC1c2cc(F)ccc2CSC1(C)C. The lowest BCUT2D eigenvalue weighted by atomic mass is 9.91. The van der Waals surface area contributed by atoms with E-state index < -0.39 is 0 Å². The van der Waals surface area contributed by atoms with Gasteiger partial charge in [0, 0.05) is 16.5 Å². The van der Waals surface area contributed by atoms with Gasteiger partial charge in [-0.3, -0.25) is 0 Å². The summed E-state index contributed by atoms with van der Waals surface area (Å²) < 4.78 is 13.3. The molecule has 0 radical (unpaired) electrons. The van der Waals surface area contributed by atoms with E-state index in [2.05, 4.69) is 19.2 Å². The summed E-state index contributed by atoms with van der Waals surface area (Å²) in [5, 5.41) is 3.29. The molecule has 1 aromatic rings. The molecule has 1 atom stereocenters. The fraction of sp³-hybridized carbons (Fsp3) is 0.500. The van der Waals surface area contributed by atoms with Gasteiger partial charge < -0.3 is 5.32 Å². The van der Waals surface area contributed by atoms with Gasteiger partial charge in [0.1, 0.15) is 5.82 Å². The summed E-state index contributed by atoms with van der Waals surface area (Å²) in [6.45, 7) is 4.40. The van der Waals surface area contributed by atoms with Crippen molar-refractivity contribution in [2.24, 2.45) is 0 Å². The van der Waals surface area contributed by atoms with Crippen molar-refractivity contribution in [2.75, 3.05) is 7.05 Å². The number of nitrogens with one attached hydrogen (secondary N) is 1. The predicted octanol–water partition coefficient (Wildman–Crippen LogP) is 3.11. The van der Waals surface area contributed by atoms with Crippen LogP contribution >= 0.6 is 11.8 Å². The Morgan fingerprint density at radius 2 is 2.20 bits per heavy atom. The third-order valence-corrected chi connectivity index (χ3v) is 4.44. The molecule has 0 saturated carbocycles. The molecule has 1 unspecified atom stereocenters. The van der Waals surface area contributed by atoms with Gasteiger partial charge in [0.15, 0.2) is 0 Å². The maximum absolute atomic E-state index is 13.2. The summed E-state index contributed by atoms with van der Waals surface area (Å²) in [6.07, 6.45) is 0. The molecule has 82 valence electrons. The summed E-state index contributed by atoms with van der Waals surface area (Å²) in [5.74, 6) is 0.831. The van der Waals surface area contributed by atoms with E-state index in [0.717, 1.165) is 11.3 Å². The molecular weight excluding hydrogens is 209 g/mol. The average molecular weight is 225 g/mol. The van der Waals surface area contributed by atoms with Crippen LogP contribution in [-0.2, 0) is 5.75 Å². The Balaban J connectivity index is 2.49. The van der Waals surface area contributed by atoms with Gasteiger partial charge in [-0.05, 0) is 44.2 Å². The normalized spacial score (nSPS) is 23.6. The number of hydrogen-bond acceptors (Lipinski definition) is 2. The van der Waals surface area contributed by atoms with Crippen LogP contribution in [0.5, 0.6) is 0 Å². The topological polar surface area (TPSA) is 12.0 Å². The van der Waals surface area contributed by atoms with E-state index in [0.29, 0.717) is 0 Å². The molecule has 0 aromatic heterocycles. The Kier molecular flexibility index (Phi) is 2.77. The molecule has 0 saturated heterocycles. The maximum Gasteiger partial charge on any atom is 0.123 e. The lowest BCUT2D eigenvalue weighted by molar-refractivity contribution is 0.471. The molecule has 1 aliphatic heterocycles. The van der Waals surface area contributed by atoms with E-state index in [1.165, 1.54) is 5.56 Å². The van der Waals surface area contributed by atoms with Crippen molar-refractivity contribution in [2.45, 2.75) is 30.4 Å². The van der Waals surface area contributed by atoms with Gasteiger partial charge in [-0.15, -0.1) is 11.8 Å². The number of benzene rings is 1. The molecule has 0 amide bonds. The highest BCUT2D eigenvalue weighted by atomic mass is 32.2. The smallest absolute Gasteiger partial charge is 0.123 e. The second-order valence-corrected chi connectivity index (χ2v) is 6.09. The van der Waals surface area contributed by atoms with Crippen LogP contribution in [0.4, 0.5) is 4.39 Å². The molecule has 3 heteroatoms. The van der Waals surface area contributed by atoms with Crippen LogP contribution in [0.25, 0.3) is 0 Å². The van der Waals surface area contributed by atoms with E-state index in [1.807, 2.05) is 24.9 Å². The largest absolute Gasteiger partial charge is 0.312 e. The molecule has 0 bridgehead atoms. The van der Waals surface area contributed by atoms with E-state index in [4.69, 9.17) is 0 Å². The van der Waals surface area contributed by atoms with Crippen molar-refractivity contribution < 1.29 is 4.39 Å². The van der Waals surface area contributed by atoms with E-state index >= 15 is 0 Å². The zero-order chi connectivity index (χ0) is 11.1. The number of rotatable bonds is 1. The minimum absolute atomic E-state index is 0.121. The molecule has 0 fully saturated rings. The van der Waals surface area contributed by atoms with Gasteiger partial charge in [0.2, 0.25) is 0 Å². The summed E-state index contributed by atoms with van der Waals surface area (Å²) >= 11 is 1.92. The van der Waals surface area contributed by atoms with Crippen molar-refractivity contribution in [1.29, 1.82) is 0 Å². The molecule has 1 nitrogen and oxygen atoms in total. The molecule has 1 heterocycles. The van der Waals surface area contributed by atoms with Gasteiger partial charge >= 0.3 is 0 Å². The standard InChI is InChI=1S/C12H16FNS/c1-12(2)11(14-3)10-6-9(13)5-4-8(10)7-15-12/h4-6,11,14H,7H2,1-3H3. The Bertz CT molecular complexity index is 376. The quantitative estimate of drug-likeness (QED) is 0.788. The lowest BCUT2D eigenvalue weighted by Crippen LogP contribution is -2.38. The van der Waals surface area contributed by atoms with Crippen molar-refractivity contribution in [3.8, 4) is 0 Å². The summed E-state index contributed by atoms with van der Waals surface area (Å²) in [5.41, 5.74) is 2.36. The zero-order valence-electron chi connectivity index (χ0n) is 9.30. The maximum atomic E-state index is 13.2. The first-order chi connectivity index (χ1) is 7.04. The Morgan fingerprint density at radius 3 is 2.87 bits per heavy atom. The first-order valence-electron chi connectivity index (χ1n) is 5.14. The minimum Gasteiger partial charge on any atom is -0.312 e. The lowest BCUT2D eigenvalue weighted by Gasteiger charge is -2.39. The van der Waals surface area contributed by atoms with Gasteiger partial charge in [-0.1, -0.05) is 6.07 Å². The molecule has 1 N–H and O–H groups in total. The van der Waals surface area contributed by atoms with E-state index in [9.17, 15) is 4.39 Å². The van der Waals surface area contributed by atoms with E-state index in [-0.39, 0.29) is 16.6 Å². The number of hydrogen-bond donors (Lipinski definition) is 1. The summed E-state index contributed by atoms with van der Waals surface area (Å²) in [6, 6.07) is 5.33. The Morgan fingerprint density at radius 1 is 1.47 bits per heavy atom. The second kappa shape index (κ2) is 3.80. The molecule has 2 rings (SSSR count). The van der Waals surface area contributed by atoms with Crippen LogP contribution in [0.1, 0.15) is 31.0 Å². The molecule has 0 aliphatic carbocycles. The second-order valence-electron chi connectivity index (χ2n) is 4.46. The molecule has 0 spiro atoms. The van der Waals surface area contributed by atoms with Gasteiger partial charge in [0.05, 0.1) is 0 Å². The summed E-state index contributed by atoms with van der Waals surface area (Å²) in [4.78, 5) is 0. The van der Waals surface area contributed by atoms with Gasteiger partial charge in [-0.2, -0.15) is 0 Å². The van der Waals surface area contributed by atoms with Gasteiger partial charge in [-0.25, -0.2) is 4.39 Å². The van der Waals surface area contributed by atoms with Crippen LogP contribution < -0.4 is 5.32 Å². The van der Waals surface area contributed by atoms with Crippen molar-refractivity contribution >= 4 is 11.8 Å². The first kappa shape index (κ1) is 11.0.